The van der Waals surface area contributed by atoms with Gasteiger partial charge in [-0.3, -0.25) is 4.99 Å². The quantitative estimate of drug-likeness (QED) is 0.434. The number of nitrogens with zero attached hydrogens (tertiary/aromatic N) is 1. The van der Waals surface area contributed by atoms with Gasteiger partial charge in [0.2, 0.25) is 0 Å². The van der Waals surface area contributed by atoms with Gasteiger partial charge in [0.05, 0.1) is 12.0 Å². The summed E-state index contributed by atoms with van der Waals surface area (Å²) in [5, 5.41) is 0. The van der Waals surface area contributed by atoms with Gasteiger partial charge in [-0.1, -0.05) is 0 Å². The Morgan fingerprint density at radius 2 is 1.69 bits per heavy atom. The van der Waals surface area contributed by atoms with Gasteiger partial charge in [0.1, 0.15) is 0 Å². The standard InChI is InChI=1S/C6H10F3N3.HI/c7-6(8,9)3-1-4(2-3)12-5(10)11;/h3-4H,1-2H2,(H4,10,11,12);1H. The fraction of sp³-hybridized carbons (Fsp3) is 0.833. The highest BCUT2D eigenvalue weighted by Gasteiger charge is 2.47. The predicted octanol–water partition coefficient (Wildman–Crippen LogP) is 1.22. The van der Waals surface area contributed by atoms with Crippen LogP contribution in [0.25, 0.3) is 0 Å². The monoisotopic (exact) mass is 309 g/mol. The van der Waals surface area contributed by atoms with Crippen LogP contribution in [0.3, 0.4) is 0 Å². The molecule has 0 saturated heterocycles. The Kier molecular flexibility index (Phi) is 4.27. The fourth-order valence-corrected chi connectivity index (χ4v) is 1.17. The predicted molar refractivity (Wildman–Crippen MR) is 53.8 cm³/mol. The molecule has 4 N–H and O–H groups in total. The van der Waals surface area contributed by atoms with Gasteiger partial charge < -0.3 is 11.5 Å². The van der Waals surface area contributed by atoms with Crippen molar-refractivity contribution in [2.75, 3.05) is 0 Å². The van der Waals surface area contributed by atoms with Crippen molar-refractivity contribution in [3.63, 3.8) is 0 Å². The van der Waals surface area contributed by atoms with Gasteiger partial charge in [0.15, 0.2) is 5.96 Å². The smallest absolute Gasteiger partial charge is 0.370 e. The highest BCUT2D eigenvalue weighted by molar-refractivity contribution is 14.0. The van der Waals surface area contributed by atoms with Gasteiger partial charge in [0, 0.05) is 0 Å². The molecule has 3 nitrogen and oxygen atoms in total. The van der Waals surface area contributed by atoms with E-state index >= 15 is 0 Å². The van der Waals surface area contributed by atoms with Gasteiger partial charge in [-0.2, -0.15) is 13.2 Å². The van der Waals surface area contributed by atoms with Crippen molar-refractivity contribution in [1.29, 1.82) is 0 Å². The molecule has 13 heavy (non-hydrogen) atoms. The Morgan fingerprint density at radius 1 is 1.23 bits per heavy atom. The molecule has 0 radical (unpaired) electrons. The molecule has 1 aliphatic carbocycles. The third-order valence-corrected chi connectivity index (χ3v) is 1.91. The van der Waals surface area contributed by atoms with Crippen LogP contribution in [0.1, 0.15) is 12.8 Å². The molecule has 78 valence electrons. The molecule has 0 atom stereocenters. The average molecular weight is 309 g/mol. The van der Waals surface area contributed by atoms with Crippen molar-refractivity contribution >= 4 is 29.9 Å². The highest BCUT2D eigenvalue weighted by atomic mass is 127. The van der Waals surface area contributed by atoms with Crippen molar-refractivity contribution in [2.45, 2.75) is 25.1 Å². The second kappa shape index (κ2) is 4.34. The Labute approximate surface area is 90.8 Å². The summed E-state index contributed by atoms with van der Waals surface area (Å²) in [7, 11) is 0. The van der Waals surface area contributed by atoms with E-state index in [4.69, 9.17) is 11.5 Å². The lowest BCUT2D eigenvalue weighted by molar-refractivity contribution is -0.196. The second-order valence-electron chi connectivity index (χ2n) is 2.92. The van der Waals surface area contributed by atoms with Crippen LogP contribution in [0.15, 0.2) is 4.99 Å². The highest BCUT2D eigenvalue weighted by Crippen LogP contribution is 2.42. The lowest BCUT2D eigenvalue weighted by Crippen LogP contribution is -2.40. The molecule has 0 amide bonds. The zero-order chi connectivity index (χ0) is 9.35. The van der Waals surface area contributed by atoms with E-state index in [2.05, 4.69) is 4.99 Å². The molecule has 0 heterocycles. The van der Waals surface area contributed by atoms with Crippen LogP contribution < -0.4 is 11.5 Å². The first-order valence-corrected chi connectivity index (χ1v) is 3.55. The molecule has 1 rings (SSSR count). The molecule has 1 fully saturated rings. The topological polar surface area (TPSA) is 64.4 Å². The summed E-state index contributed by atoms with van der Waals surface area (Å²) in [6, 6.07) is -0.332. The Bertz CT molecular complexity index is 194. The van der Waals surface area contributed by atoms with E-state index < -0.39 is 12.1 Å². The van der Waals surface area contributed by atoms with Crippen LogP contribution in [0.4, 0.5) is 13.2 Å². The van der Waals surface area contributed by atoms with Gasteiger partial charge in [-0.05, 0) is 12.8 Å². The average Bonchev–Trinajstić information content (AvgIpc) is 1.73. The summed E-state index contributed by atoms with van der Waals surface area (Å²) >= 11 is 0. The third kappa shape index (κ3) is 3.57. The molecule has 0 aromatic rings. The third-order valence-electron chi connectivity index (χ3n) is 1.91. The number of nitrogens with two attached hydrogens (primary N) is 2. The van der Waals surface area contributed by atoms with E-state index in [1.165, 1.54) is 0 Å². The SMILES string of the molecule is I.NC(N)=NC1CC(C(F)(F)F)C1. The lowest BCUT2D eigenvalue weighted by Gasteiger charge is -2.33. The molecular formula is C6H11F3IN3. The van der Waals surface area contributed by atoms with Crippen LogP contribution >= 0.6 is 24.0 Å². The summed E-state index contributed by atoms with van der Waals surface area (Å²) in [5.41, 5.74) is 10.0. The first-order valence-electron chi connectivity index (χ1n) is 3.55. The van der Waals surface area contributed by atoms with Crippen LogP contribution in [0, 0.1) is 5.92 Å². The molecule has 0 unspecified atom stereocenters. The van der Waals surface area contributed by atoms with Crippen molar-refractivity contribution in [1.82, 2.24) is 0 Å². The van der Waals surface area contributed by atoms with E-state index in [-0.39, 0.29) is 48.8 Å². The van der Waals surface area contributed by atoms with Crippen LogP contribution in [0.5, 0.6) is 0 Å². The second-order valence-corrected chi connectivity index (χ2v) is 2.92. The largest absolute Gasteiger partial charge is 0.391 e. The number of halogens is 4. The molecule has 1 saturated carbocycles. The van der Waals surface area contributed by atoms with Crippen LogP contribution in [-0.4, -0.2) is 18.2 Å². The van der Waals surface area contributed by atoms with E-state index in [0.29, 0.717) is 0 Å². The minimum atomic E-state index is -4.09. The summed E-state index contributed by atoms with van der Waals surface area (Å²) in [5.74, 6) is -1.36. The van der Waals surface area contributed by atoms with E-state index in [1.807, 2.05) is 0 Å². The normalized spacial score (nSPS) is 27.0. The lowest BCUT2D eigenvalue weighted by atomic mass is 9.80. The summed E-state index contributed by atoms with van der Waals surface area (Å²) in [6.07, 6.45) is -4.06. The molecule has 1 aliphatic rings. The van der Waals surface area contributed by atoms with E-state index in [9.17, 15) is 13.2 Å². The van der Waals surface area contributed by atoms with Gasteiger partial charge in [-0.25, -0.2) is 0 Å². The van der Waals surface area contributed by atoms with Crippen molar-refractivity contribution < 1.29 is 13.2 Å². The maximum atomic E-state index is 11.9. The Balaban J connectivity index is 0.00000144. The van der Waals surface area contributed by atoms with Crippen molar-refractivity contribution in [3.05, 3.63) is 0 Å². The fourth-order valence-electron chi connectivity index (χ4n) is 1.17. The molecule has 0 spiro atoms. The Morgan fingerprint density at radius 3 is 2.00 bits per heavy atom. The zero-order valence-corrected chi connectivity index (χ0v) is 9.04. The first-order chi connectivity index (χ1) is 5.39. The summed E-state index contributed by atoms with van der Waals surface area (Å²) in [6.45, 7) is 0. The first kappa shape index (κ1) is 12.8. The van der Waals surface area contributed by atoms with E-state index in [0.717, 1.165) is 0 Å². The van der Waals surface area contributed by atoms with Gasteiger partial charge in [0.25, 0.3) is 0 Å². The number of hydrogen-bond acceptors (Lipinski definition) is 1. The summed E-state index contributed by atoms with van der Waals surface area (Å²) < 4.78 is 35.7. The van der Waals surface area contributed by atoms with Crippen molar-refractivity contribution in [3.8, 4) is 0 Å². The Hall–Kier alpha value is -0.210. The summed E-state index contributed by atoms with van der Waals surface area (Å²) in [4.78, 5) is 3.62. The minimum Gasteiger partial charge on any atom is -0.370 e. The number of rotatable bonds is 1. The van der Waals surface area contributed by atoms with Gasteiger partial charge in [-0.15, -0.1) is 24.0 Å². The maximum Gasteiger partial charge on any atom is 0.391 e. The molecule has 7 heteroatoms. The van der Waals surface area contributed by atoms with Crippen LogP contribution in [-0.2, 0) is 0 Å². The maximum absolute atomic E-state index is 11.9. The molecule has 0 aliphatic heterocycles. The van der Waals surface area contributed by atoms with Crippen LogP contribution in [0.2, 0.25) is 0 Å². The number of guanidine groups is 1. The zero-order valence-electron chi connectivity index (χ0n) is 6.71. The number of hydrogen-bond donors (Lipinski definition) is 2. The molecule has 0 aromatic carbocycles. The van der Waals surface area contributed by atoms with Gasteiger partial charge >= 0.3 is 6.18 Å². The number of alkyl halides is 3. The minimum absolute atomic E-state index is 0. The number of aliphatic imine (C=N–C) groups is 1. The van der Waals surface area contributed by atoms with Crippen molar-refractivity contribution in [2.24, 2.45) is 22.4 Å². The molecular weight excluding hydrogens is 298 g/mol. The molecule has 0 bridgehead atoms. The molecule has 0 aromatic heterocycles. The van der Waals surface area contributed by atoms with E-state index in [1.54, 1.807) is 0 Å².